The van der Waals surface area contributed by atoms with Gasteiger partial charge in [0.15, 0.2) is 11.5 Å². The topological polar surface area (TPSA) is 139 Å². The molecule has 0 saturated heterocycles. The van der Waals surface area contributed by atoms with Gasteiger partial charge >= 0.3 is 11.8 Å². The molecule has 0 atom stereocenters. The Balaban J connectivity index is 1.38. The number of fused-ring (bicyclic) bond motifs is 1. The van der Waals surface area contributed by atoms with Crippen LogP contribution in [0.15, 0.2) is 71.9 Å². The standard InChI is InChI=1S/C29H26ClN7O3/c1-5-22(38)33-21-9-7-6-8-19(21)24-34-23-18(12-13-31-25(23)35-24)16-10-11-17(20(30)14-16)15-32-26(39)27-36-28(37-40-27)29(2,3)4/h5-14H,1,15H2,2-4H3,(H,32,39)(H,33,38)(H,31,34,35). The van der Waals surface area contributed by atoms with E-state index < -0.39 is 5.91 Å². The van der Waals surface area contributed by atoms with Crippen LogP contribution in [-0.2, 0) is 16.8 Å². The highest BCUT2D eigenvalue weighted by molar-refractivity contribution is 6.31. The van der Waals surface area contributed by atoms with Gasteiger partial charge in [-0.05, 0) is 41.5 Å². The number of amides is 2. The Labute approximate surface area is 234 Å². The van der Waals surface area contributed by atoms with E-state index in [0.29, 0.717) is 44.6 Å². The van der Waals surface area contributed by atoms with E-state index in [1.807, 2.05) is 63.2 Å². The van der Waals surface area contributed by atoms with E-state index in [-0.39, 0.29) is 23.8 Å². The lowest BCUT2D eigenvalue weighted by atomic mass is 9.96. The van der Waals surface area contributed by atoms with Gasteiger partial charge in [-0.15, -0.1) is 0 Å². The van der Waals surface area contributed by atoms with Crippen molar-refractivity contribution in [3.8, 4) is 22.5 Å². The molecule has 3 aromatic heterocycles. The second-order valence-electron chi connectivity index (χ2n) is 10.0. The molecule has 0 aliphatic rings. The molecule has 10 nitrogen and oxygen atoms in total. The summed E-state index contributed by atoms with van der Waals surface area (Å²) in [5.41, 5.74) is 4.56. The largest absolute Gasteiger partial charge is 0.344 e. The normalized spacial score (nSPS) is 11.4. The van der Waals surface area contributed by atoms with Gasteiger partial charge in [-0.1, -0.05) is 68.4 Å². The average Bonchev–Trinajstić information content (AvgIpc) is 3.60. The fourth-order valence-electron chi connectivity index (χ4n) is 3.98. The van der Waals surface area contributed by atoms with Crippen molar-refractivity contribution in [2.24, 2.45) is 0 Å². The van der Waals surface area contributed by atoms with Gasteiger partial charge < -0.3 is 20.1 Å². The maximum atomic E-state index is 12.5. The van der Waals surface area contributed by atoms with E-state index in [0.717, 1.165) is 11.1 Å². The van der Waals surface area contributed by atoms with Crippen LogP contribution in [-0.4, -0.2) is 36.9 Å². The molecule has 5 rings (SSSR count). The van der Waals surface area contributed by atoms with E-state index >= 15 is 0 Å². The van der Waals surface area contributed by atoms with Crippen molar-refractivity contribution in [1.82, 2.24) is 30.4 Å². The van der Waals surface area contributed by atoms with Crippen molar-refractivity contribution >= 4 is 40.3 Å². The van der Waals surface area contributed by atoms with Gasteiger partial charge in [0.25, 0.3) is 0 Å². The molecule has 3 heterocycles. The zero-order chi connectivity index (χ0) is 28.4. The molecule has 0 aliphatic heterocycles. The summed E-state index contributed by atoms with van der Waals surface area (Å²) in [6.45, 7) is 9.49. The zero-order valence-corrected chi connectivity index (χ0v) is 22.8. The number of pyridine rings is 1. The van der Waals surface area contributed by atoms with E-state index in [1.54, 1.807) is 12.3 Å². The van der Waals surface area contributed by atoms with Crippen LogP contribution >= 0.6 is 11.6 Å². The van der Waals surface area contributed by atoms with E-state index in [4.69, 9.17) is 21.1 Å². The molecular weight excluding hydrogens is 530 g/mol. The lowest BCUT2D eigenvalue weighted by molar-refractivity contribution is -0.111. The fraction of sp³-hybridized carbons (Fsp3) is 0.172. The third kappa shape index (κ3) is 5.48. The van der Waals surface area contributed by atoms with Crippen LogP contribution in [0.1, 0.15) is 42.8 Å². The third-order valence-electron chi connectivity index (χ3n) is 6.10. The number of aromatic amines is 1. The number of nitrogens with zero attached hydrogens (tertiary/aromatic N) is 4. The van der Waals surface area contributed by atoms with Crippen LogP contribution in [0.3, 0.4) is 0 Å². The van der Waals surface area contributed by atoms with E-state index in [9.17, 15) is 9.59 Å². The lowest BCUT2D eigenvalue weighted by Gasteiger charge is -2.10. The summed E-state index contributed by atoms with van der Waals surface area (Å²) >= 11 is 6.61. The molecule has 5 aromatic rings. The van der Waals surface area contributed by atoms with E-state index in [1.165, 1.54) is 6.08 Å². The third-order valence-corrected chi connectivity index (χ3v) is 6.46. The first-order valence-corrected chi connectivity index (χ1v) is 12.8. The summed E-state index contributed by atoms with van der Waals surface area (Å²) in [5.74, 6) is 0.107. The minimum absolute atomic E-state index is 0.100. The molecule has 40 heavy (non-hydrogen) atoms. The van der Waals surface area contributed by atoms with E-state index in [2.05, 4.69) is 37.3 Å². The number of rotatable bonds is 7. The van der Waals surface area contributed by atoms with Gasteiger partial charge in [-0.25, -0.2) is 9.97 Å². The molecule has 0 saturated carbocycles. The summed E-state index contributed by atoms with van der Waals surface area (Å²) in [6, 6.07) is 14.7. The minimum atomic E-state index is -0.479. The Bertz CT molecular complexity index is 1750. The quantitative estimate of drug-likeness (QED) is 0.219. The maximum absolute atomic E-state index is 12.5. The monoisotopic (exact) mass is 555 g/mol. The van der Waals surface area contributed by atoms with Crippen LogP contribution in [0.5, 0.6) is 0 Å². The number of para-hydroxylation sites is 1. The predicted molar refractivity (Wildman–Crippen MR) is 153 cm³/mol. The van der Waals surface area contributed by atoms with Crippen molar-refractivity contribution < 1.29 is 14.1 Å². The summed E-state index contributed by atoms with van der Waals surface area (Å²) in [5, 5.41) is 9.93. The highest BCUT2D eigenvalue weighted by Gasteiger charge is 2.24. The highest BCUT2D eigenvalue weighted by Crippen LogP contribution is 2.33. The van der Waals surface area contributed by atoms with Crippen molar-refractivity contribution in [2.75, 3.05) is 5.32 Å². The van der Waals surface area contributed by atoms with Crippen LogP contribution in [0.4, 0.5) is 5.69 Å². The summed E-state index contributed by atoms with van der Waals surface area (Å²) < 4.78 is 5.11. The fourth-order valence-corrected chi connectivity index (χ4v) is 4.23. The second kappa shape index (κ2) is 10.7. The second-order valence-corrected chi connectivity index (χ2v) is 10.4. The molecule has 0 fully saturated rings. The number of H-pyrrole nitrogens is 1. The lowest BCUT2D eigenvalue weighted by Crippen LogP contribution is -2.23. The number of hydrogen-bond donors (Lipinski definition) is 3. The Morgan fingerprint density at radius 3 is 2.62 bits per heavy atom. The van der Waals surface area contributed by atoms with Crippen molar-refractivity contribution in [1.29, 1.82) is 0 Å². The van der Waals surface area contributed by atoms with Gasteiger partial charge in [0.05, 0.1) is 5.69 Å². The van der Waals surface area contributed by atoms with Gasteiger partial charge in [-0.3, -0.25) is 9.59 Å². The number of aromatic nitrogens is 5. The smallest absolute Gasteiger partial charge is 0.315 e. The first-order chi connectivity index (χ1) is 19.1. The first-order valence-electron chi connectivity index (χ1n) is 12.4. The number of halogens is 1. The Hall–Kier alpha value is -4.83. The molecule has 11 heteroatoms. The van der Waals surface area contributed by atoms with Crippen LogP contribution in [0, 0.1) is 0 Å². The molecule has 0 unspecified atom stereocenters. The molecule has 0 spiro atoms. The van der Waals surface area contributed by atoms with Gasteiger partial charge in [0, 0.05) is 34.3 Å². The molecule has 0 aliphatic carbocycles. The molecule has 0 bridgehead atoms. The maximum Gasteiger partial charge on any atom is 0.315 e. The number of nitrogens with one attached hydrogen (secondary N) is 3. The summed E-state index contributed by atoms with van der Waals surface area (Å²) in [7, 11) is 0. The number of carbonyl (C=O) groups excluding carboxylic acids is 2. The van der Waals surface area contributed by atoms with Crippen molar-refractivity contribution in [3.05, 3.63) is 89.7 Å². The van der Waals surface area contributed by atoms with Gasteiger partial charge in [-0.2, -0.15) is 4.98 Å². The number of anilines is 1. The highest BCUT2D eigenvalue weighted by atomic mass is 35.5. The molecular formula is C29H26ClN7O3. The van der Waals surface area contributed by atoms with Crippen LogP contribution in [0.25, 0.3) is 33.7 Å². The molecule has 202 valence electrons. The molecule has 2 amide bonds. The van der Waals surface area contributed by atoms with Crippen LogP contribution < -0.4 is 10.6 Å². The SMILES string of the molecule is C=CC(=O)Nc1ccccc1-c1nc2c(-c3ccc(CNC(=O)c4nc(C(C)(C)C)no4)c(Cl)c3)ccnc2[nH]1. The predicted octanol–water partition coefficient (Wildman–Crippen LogP) is 5.68. The number of hydrogen-bond acceptors (Lipinski definition) is 7. The Morgan fingerprint density at radius 1 is 1.10 bits per heavy atom. The number of imidazole rings is 1. The van der Waals surface area contributed by atoms with Crippen molar-refractivity contribution in [3.63, 3.8) is 0 Å². The Kier molecular flexibility index (Phi) is 7.19. The first kappa shape index (κ1) is 26.8. The zero-order valence-electron chi connectivity index (χ0n) is 22.1. The molecule has 0 radical (unpaired) electrons. The minimum Gasteiger partial charge on any atom is -0.344 e. The average molecular weight is 556 g/mol. The van der Waals surface area contributed by atoms with Crippen molar-refractivity contribution in [2.45, 2.75) is 32.7 Å². The van der Waals surface area contributed by atoms with Gasteiger partial charge in [0.2, 0.25) is 5.91 Å². The molecule has 2 aromatic carbocycles. The Morgan fingerprint density at radius 2 is 1.90 bits per heavy atom. The number of benzene rings is 2. The number of carbonyl (C=O) groups is 2. The summed E-state index contributed by atoms with van der Waals surface area (Å²) in [4.78, 5) is 41.1. The van der Waals surface area contributed by atoms with Crippen LogP contribution in [0.2, 0.25) is 5.02 Å². The molecule has 3 N–H and O–H groups in total. The summed E-state index contributed by atoms with van der Waals surface area (Å²) in [6.07, 6.45) is 2.89. The van der Waals surface area contributed by atoms with Gasteiger partial charge in [0.1, 0.15) is 11.3 Å².